The van der Waals surface area contributed by atoms with Crippen molar-refractivity contribution in [3.8, 4) is 11.5 Å². The Morgan fingerprint density at radius 3 is 1.46 bits per heavy atom. The van der Waals surface area contributed by atoms with E-state index in [-0.39, 0.29) is 0 Å². The number of hydrogen-bond acceptors (Lipinski definition) is 6. The molecule has 1 fully saturated rings. The molecule has 0 N–H and O–H groups in total. The molecule has 0 radical (unpaired) electrons. The standard InChI is InChI=1S/C20H24N4O2/c1-25-19-9-5-3-7-17(19)15-21-23-11-13-24(14-12-23)22-16-18-8-4-6-10-20(18)26-2/h3-10,15-16H,11-14H2,1-2H3/b21-15-,22-16+. The normalized spacial score (nSPS) is 15.0. The summed E-state index contributed by atoms with van der Waals surface area (Å²) in [5.74, 6) is 1.66. The van der Waals surface area contributed by atoms with E-state index >= 15 is 0 Å². The highest BCUT2D eigenvalue weighted by atomic mass is 16.5. The third kappa shape index (κ3) is 4.53. The van der Waals surface area contributed by atoms with Crippen LogP contribution in [0.15, 0.2) is 58.7 Å². The van der Waals surface area contributed by atoms with Crippen LogP contribution in [0, 0.1) is 0 Å². The van der Waals surface area contributed by atoms with Gasteiger partial charge in [-0.25, -0.2) is 0 Å². The van der Waals surface area contributed by atoms with Crippen molar-refractivity contribution in [3.05, 3.63) is 59.7 Å². The lowest BCUT2D eigenvalue weighted by Gasteiger charge is -2.31. The van der Waals surface area contributed by atoms with E-state index in [0.29, 0.717) is 0 Å². The number of hydrazone groups is 2. The smallest absolute Gasteiger partial charge is 0.127 e. The van der Waals surface area contributed by atoms with Gasteiger partial charge in [0.25, 0.3) is 0 Å². The first-order valence-corrected chi connectivity index (χ1v) is 8.64. The Balaban J connectivity index is 1.54. The van der Waals surface area contributed by atoms with E-state index in [1.807, 2.05) is 61.0 Å². The molecule has 1 aliphatic heterocycles. The first kappa shape index (κ1) is 17.8. The van der Waals surface area contributed by atoms with Gasteiger partial charge in [0.15, 0.2) is 0 Å². The second-order valence-corrected chi connectivity index (χ2v) is 5.88. The Hall–Kier alpha value is -3.02. The fraction of sp³-hybridized carbons (Fsp3) is 0.300. The molecule has 0 atom stereocenters. The molecule has 6 nitrogen and oxygen atoms in total. The fourth-order valence-electron chi connectivity index (χ4n) is 2.75. The SMILES string of the molecule is COc1ccccc1/C=N\N1CCN(/N=C/c2ccccc2OC)CC1. The van der Waals surface area contributed by atoms with E-state index in [1.165, 1.54) is 0 Å². The summed E-state index contributed by atoms with van der Waals surface area (Å²) in [6.07, 6.45) is 3.71. The monoisotopic (exact) mass is 352 g/mol. The summed E-state index contributed by atoms with van der Waals surface area (Å²) in [7, 11) is 3.34. The first-order chi connectivity index (χ1) is 12.8. The van der Waals surface area contributed by atoms with E-state index in [9.17, 15) is 0 Å². The van der Waals surface area contributed by atoms with Crippen LogP contribution in [0.5, 0.6) is 11.5 Å². The zero-order valence-electron chi connectivity index (χ0n) is 15.2. The minimum absolute atomic E-state index is 0.828. The van der Waals surface area contributed by atoms with Crippen LogP contribution in [-0.4, -0.2) is 62.8 Å². The summed E-state index contributed by atoms with van der Waals surface area (Å²) in [5, 5.41) is 13.3. The predicted octanol–water partition coefficient (Wildman–Crippen LogP) is 2.69. The molecule has 6 heteroatoms. The first-order valence-electron chi connectivity index (χ1n) is 8.64. The van der Waals surface area contributed by atoms with Crippen molar-refractivity contribution in [1.29, 1.82) is 0 Å². The van der Waals surface area contributed by atoms with Crippen LogP contribution in [0.2, 0.25) is 0 Å². The zero-order chi connectivity index (χ0) is 18.2. The molecule has 0 bridgehead atoms. The lowest BCUT2D eigenvalue weighted by Crippen LogP contribution is -2.41. The summed E-state index contributed by atoms with van der Waals surface area (Å²) in [4.78, 5) is 0. The molecular weight excluding hydrogens is 328 g/mol. The molecule has 2 aromatic carbocycles. The number of ether oxygens (including phenoxy) is 2. The average molecular weight is 352 g/mol. The largest absolute Gasteiger partial charge is 0.496 e. The van der Waals surface area contributed by atoms with Gasteiger partial charge in [0.05, 0.1) is 52.8 Å². The molecule has 1 saturated heterocycles. The molecular formula is C20H24N4O2. The van der Waals surface area contributed by atoms with Gasteiger partial charge in [-0.15, -0.1) is 0 Å². The minimum Gasteiger partial charge on any atom is -0.496 e. The third-order valence-electron chi connectivity index (χ3n) is 4.23. The van der Waals surface area contributed by atoms with Crippen molar-refractivity contribution < 1.29 is 9.47 Å². The van der Waals surface area contributed by atoms with Crippen LogP contribution in [0.25, 0.3) is 0 Å². The second-order valence-electron chi connectivity index (χ2n) is 5.88. The molecule has 0 spiro atoms. The number of para-hydroxylation sites is 2. The maximum atomic E-state index is 5.35. The predicted molar refractivity (Wildman–Crippen MR) is 104 cm³/mol. The molecule has 0 unspecified atom stereocenters. The van der Waals surface area contributed by atoms with Crippen LogP contribution in [-0.2, 0) is 0 Å². The fourth-order valence-corrected chi connectivity index (χ4v) is 2.75. The van der Waals surface area contributed by atoms with Crippen LogP contribution in [0.1, 0.15) is 11.1 Å². The molecule has 2 aromatic rings. The van der Waals surface area contributed by atoms with Gasteiger partial charge < -0.3 is 9.47 Å². The Bertz CT molecular complexity index is 702. The number of hydrogen-bond donors (Lipinski definition) is 0. The molecule has 0 amide bonds. The van der Waals surface area contributed by atoms with Gasteiger partial charge in [-0.05, 0) is 24.3 Å². The van der Waals surface area contributed by atoms with Gasteiger partial charge in [0, 0.05) is 11.1 Å². The van der Waals surface area contributed by atoms with Gasteiger partial charge in [-0.2, -0.15) is 10.2 Å². The molecule has 26 heavy (non-hydrogen) atoms. The molecule has 3 rings (SSSR count). The molecule has 0 aliphatic carbocycles. The minimum atomic E-state index is 0.828. The second kappa shape index (κ2) is 8.89. The summed E-state index contributed by atoms with van der Waals surface area (Å²) in [5.41, 5.74) is 1.96. The van der Waals surface area contributed by atoms with Gasteiger partial charge in [-0.3, -0.25) is 10.0 Å². The van der Waals surface area contributed by atoms with Crippen molar-refractivity contribution in [2.45, 2.75) is 0 Å². The van der Waals surface area contributed by atoms with Gasteiger partial charge in [-0.1, -0.05) is 24.3 Å². The number of piperazine rings is 1. The Kier molecular flexibility index (Phi) is 6.09. The molecule has 136 valence electrons. The number of rotatable bonds is 6. The summed E-state index contributed by atoms with van der Waals surface area (Å²) in [6, 6.07) is 15.7. The quantitative estimate of drug-likeness (QED) is 0.750. The lowest BCUT2D eigenvalue weighted by atomic mass is 10.2. The van der Waals surface area contributed by atoms with E-state index in [4.69, 9.17) is 9.47 Å². The van der Waals surface area contributed by atoms with E-state index in [1.54, 1.807) is 14.2 Å². The Morgan fingerprint density at radius 2 is 1.08 bits per heavy atom. The number of methoxy groups -OCH3 is 2. The van der Waals surface area contributed by atoms with E-state index < -0.39 is 0 Å². The molecule has 1 aliphatic rings. The summed E-state index contributed by atoms with van der Waals surface area (Å²) < 4.78 is 10.7. The van der Waals surface area contributed by atoms with Gasteiger partial charge in [0.2, 0.25) is 0 Å². The van der Waals surface area contributed by atoms with E-state index in [0.717, 1.165) is 48.8 Å². The maximum absolute atomic E-state index is 5.35. The highest BCUT2D eigenvalue weighted by Gasteiger charge is 2.13. The summed E-state index contributed by atoms with van der Waals surface area (Å²) in [6.45, 7) is 3.31. The summed E-state index contributed by atoms with van der Waals surface area (Å²) >= 11 is 0. The number of nitrogens with zero attached hydrogens (tertiary/aromatic N) is 4. The topological polar surface area (TPSA) is 49.7 Å². The molecule has 0 aromatic heterocycles. The van der Waals surface area contributed by atoms with Gasteiger partial charge in [0.1, 0.15) is 11.5 Å². The lowest BCUT2D eigenvalue weighted by molar-refractivity contribution is 0.141. The van der Waals surface area contributed by atoms with Crippen molar-refractivity contribution in [1.82, 2.24) is 10.0 Å². The third-order valence-corrected chi connectivity index (χ3v) is 4.23. The van der Waals surface area contributed by atoms with Crippen molar-refractivity contribution in [2.24, 2.45) is 10.2 Å². The Labute approximate surface area is 154 Å². The van der Waals surface area contributed by atoms with Crippen LogP contribution in [0.3, 0.4) is 0 Å². The van der Waals surface area contributed by atoms with Crippen molar-refractivity contribution in [2.75, 3.05) is 40.4 Å². The van der Waals surface area contributed by atoms with Crippen LogP contribution < -0.4 is 9.47 Å². The molecule has 1 heterocycles. The zero-order valence-corrected chi connectivity index (χ0v) is 15.2. The number of benzene rings is 2. The van der Waals surface area contributed by atoms with Crippen molar-refractivity contribution >= 4 is 12.4 Å². The van der Waals surface area contributed by atoms with Crippen LogP contribution >= 0.6 is 0 Å². The highest BCUT2D eigenvalue weighted by Crippen LogP contribution is 2.16. The highest BCUT2D eigenvalue weighted by molar-refractivity contribution is 5.83. The Morgan fingerprint density at radius 1 is 0.692 bits per heavy atom. The average Bonchev–Trinajstić information content (AvgIpc) is 2.72. The van der Waals surface area contributed by atoms with Gasteiger partial charge >= 0.3 is 0 Å². The van der Waals surface area contributed by atoms with E-state index in [2.05, 4.69) is 20.2 Å². The molecule has 0 saturated carbocycles. The van der Waals surface area contributed by atoms with Crippen LogP contribution in [0.4, 0.5) is 0 Å². The van der Waals surface area contributed by atoms with Crippen molar-refractivity contribution in [3.63, 3.8) is 0 Å². The maximum Gasteiger partial charge on any atom is 0.127 e.